The lowest BCUT2D eigenvalue weighted by Gasteiger charge is -2.34. The number of hydrogen-bond acceptors (Lipinski definition) is 4. The summed E-state index contributed by atoms with van der Waals surface area (Å²) in [6.07, 6.45) is 1.24. The Kier molecular flexibility index (Phi) is 3.31. The van der Waals surface area contributed by atoms with E-state index >= 15 is 0 Å². The Bertz CT molecular complexity index is 544. The maximum Gasteiger partial charge on any atom is 0.308 e. The van der Waals surface area contributed by atoms with E-state index in [1.807, 2.05) is 20.8 Å². The molecule has 1 aromatic rings. The number of aliphatic hydroxyl groups is 1. The molecule has 0 spiro atoms. The van der Waals surface area contributed by atoms with Gasteiger partial charge in [-0.3, -0.25) is 4.79 Å². The molecule has 4 heteroatoms. The van der Waals surface area contributed by atoms with E-state index in [0.717, 1.165) is 28.0 Å². The highest BCUT2D eigenvalue weighted by atomic mass is 16.6. The van der Waals surface area contributed by atoms with Crippen LogP contribution in [0.1, 0.15) is 42.5 Å². The number of hydrogen-bond donors (Lipinski definition) is 1. The molecule has 19 heavy (non-hydrogen) atoms. The fourth-order valence-electron chi connectivity index (χ4n) is 2.52. The van der Waals surface area contributed by atoms with Gasteiger partial charge in [0.1, 0.15) is 11.5 Å². The summed E-state index contributed by atoms with van der Waals surface area (Å²) in [4.78, 5) is 11.2. The number of rotatable bonds is 1. The first-order valence-corrected chi connectivity index (χ1v) is 6.45. The van der Waals surface area contributed by atoms with E-state index in [-0.39, 0.29) is 5.97 Å². The molecule has 0 radical (unpaired) electrons. The van der Waals surface area contributed by atoms with E-state index in [2.05, 4.69) is 0 Å². The van der Waals surface area contributed by atoms with Crippen LogP contribution in [0.3, 0.4) is 0 Å². The van der Waals surface area contributed by atoms with Gasteiger partial charge in [-0.1, -0.05) is 0 Å². The first kappa shape index (κ1) is 13.9. The Morgan fingerprint density at radius 2 is 1.89 bits per heavy atom. The highest BCUT2D eigenvalue weighted by Gasteiger charge is 2.32. The van der Waals surface area contributed by atoms with Gasteiger partial charge in [0.25, 0.3) is 0 Å². The molecule has 0 saturated heterocycles. The zero-order valence-corrected chi connectivity index (χ0v) is 12.1. The number of benzene rings is 1. The normalized spacial score (nSPS) is 21.6. The van der Waals surface area contributed by atoms with Gasteiger partial charge in [0.2, 0.25) is 5.79 Å². The number of esters is 1. The molecule has 0 aliphatic carbocycles. The van der Waals surface area contributed by atoms with Crippen molar-refractivity contribution in [3.05, 3.63) is 22.3 Å². The van der Waals surface area contributed by atoms with Crippen LogP contribution in [0.25, 0.3) is 0 Å². The van der Waals surface area contributed by atoms with Crippen molar-refractivity contribution in [3.8, 4) is 11.5 Å². The summed E-state index contributed by atoms with van der Waals surface area (Å²) in [5, 5.41) is 10.0. The molecule has 4 nitrogen and oxygen atoms in total. The van der Waals surface area contributed by atoms with Crippen LogP contribution in [-0.2, 0) is 11.2 Å². The maximum atomic E-state index is 11.2. The van der Waals surface area contributed by atoms with Crippen molar-refractivity contribution in [2.75, 3.05) is 0 Å². The number of carbonyl (C=O) groups excluding carboxylic acids is 1. The first-order valence-electron chi connectivity index (χ1n) is 6.45. The van der Waals surface area contributed by atoms with Crippen molar-refractivity contribution in [2.24, 2.45) is 0 Å². The molecule has 0 unspecified atom stereocenters. The summed E-state index contributed by atoms with van der Waals surface area (Å²) in [6, 6.07) is 0. The summed E-state index contributed by atoms with van der Waals surface area (Å²) in [6.45, 7) is 8.80. The number of carbonyl (C=O) groups is 1. The SMILES string of the molecule is CC(=O)Oc1c(C)c(C)c2c(c1C)CC[C@](C)(O)O2. The second-order valence-electron chi connectivity index (χ2n) is 5.38. The van der Waals surface area contributed by atoms with Gasteiger partial charge in [-0.25, -0.2) is 0 Å². The highest BCUT2D eigenvalue weighted by molar-refractivity contribution is 5.72. The van der Waals surface area contributed by atoms with Crippen LogP contribution < -0.4 is 9.47 Å². The van der Waals surface area contributed by atoms with Gasteiger partial charge >= 0.3 is 5.97 Å². The molecule has 1 atom stereocenters. The molecule has 104 valence electrons. The molecule has 0 saturated carbocycles. The van der Waals surface area contributed by atoms with Crippen molar-refractivity contribution >= 4 is 5.97 Å². The average Bonchev–Trinajstić information content (AvgIpc) is 2.30. The maximum absolute atomic E-state index is 11.2. The first-order chi connectivity index (χ1) is 8.73. The van der Waals surface area contributed by atoms with Crippen molar-refractivity contribution in [1.82, 2.24) is 0 Å². The molecule has 1 aliphatic rings. The van der Waals surface area contributed by atoms with Gasteiger partial charge in [0.05, 0.1) is 0 Å². The van der Waals surface area contributed by atoms with E-state index < -0.39 is 5.79 Å². The third-order valence-corrected chi connectivity index (χ3v) is 3.72. The largest absolute Gasteiger partial charge is 0.462 e. The molecule has 1 aromatic carbocycles. The predicted molar refractivity (Wildman–Crippen MR) is 71.5 cm³/mol. The summed E-state index contributed by atoms with van der Waals surface area (Å²) in [5.74, 6) is -0.107. The van der Waals surface area contributed by atoms with Gasteiger partial charge in [-0.05, 0) is 43.9 Å². The van der Waals surface area contributed by atoms with Gasteiger partial charge in [0, 0.05) is 25.8 Å². The Labute approximate surface area is 113 Å². The van der Waals surface area contributed by atoms with Crippen molar-refractivity contribution in [1.29, 1.82) is 0 Å². The van der Waals surface area contributed by atoms with Crippen LogP contribution >= 0.6 is 0 Å². The van der Waals surface area contributed by atoms with E-state index in [1.165, 1.54) is 6.92 Å². The fourth-order valence-corrected chi connectivity index (χ4v) is 2.52. The summed E-state index contributed by atoms with van der Waals surface area (Å²) in [7, 11) is 0. The lowest BCUT2D eigenvalue weighted by Crippen LogP contribution is -2.36. The minimum absolute atomic E-state index is 0.325. The van der Waals surface area contributed by atoms with Crippen molar-refractivity contribution in [3.63, 3.8) is 0 Å². The third-order valence-electron chi connectivity index (χ3n) is 3.72. The summed E-state index contributed by atoms with van der Waals surface area (Å²) < 4.78 is 11.0. The molecule has 0 aromatic heterocycles. The lowest BCUT2D eigenvalue weighted by atomic mass is 9.91. The molecular formula is C15H20O4. The van der Waals surface area contributed by atoms with Crippen LogP contribution in [0.15, 0.2) is 0 Å². The van der Waals surface area contributed by atoms with Crippen LogP contribution in [0, 0.1) is 20.8 Å². The topological polar surface area (TPSA) is 55.8 Å². The minimum atomic E-state index is -1.13. The molecule has 2 rings (SSSR count). The molecule has 0 bridgehead atoms. The van der Waals surface area contributed by atoms with E-state index in [9.17, 15) is 9.90 Å². The van der Waals surface area contributed by atoms with E-state index in [1.54, 1.807) is 6.92 Å². The number of fused-ring (bicyclic) bond motifs is 1. The second kappa shape index (κ2) is 4.53. The molecule has 0 amide bonds. The second-order valence-corrected chi connectivity index (χ2v) is 5.38. The zero-order valence-electron chi connectivity index (χ0n) is 12.1. The number of ether oxygens (including phenoxy) is 2. The van der Waals surface area contributed by atoms with Crippen molar-refractivity contribution in [2.45, 2.75) is 53.2 Å². The quantitative estimate of drug-likeness (QED) is 0.625. The van der Waals surface area contributed by atoms with Crippen LogP contribution in [-0.4, -0.2) is 16.9 Å². The lowest BCUT2D eigenvalue weighted by molar-refractivity contribution is -0.135. The van der Waals surface area contributed by atoms with Gasteiger partial charge < -0.3 is 14.6 Å². The summed E-state index contributed by atoms with van der Waals surface area (Å²) in [5.41, 5.74) is 3.73. The molecular weight excluding hydrogens is 244 g/mol. The smallest absolute Gasteiger partial charge is 0.308 e. The zero-order chi connectivity index (χ0) is 14.4. The van der Waals surface area contributed by atoms with E-state index in [4.69, 9.17) is 9.47 Å². The van der Waals surface area contributed by atoms with E-state index in [0.29, 0.717) is 18.6 Å². The van der Waals surface area contributed by atoms with Crippen LogP contribution in [0.4, 0.5) is 0 Å². The monoisotopic (exact) mass is 264 g/mol. The molecule has 0 fully saturated rings. The van der Waals surface area contributed by atoms with Gasteiger partial charge in [0.15, 0.2) is 0 Å². The van der Waals surface area contributed by atoms with Crippen molar-refractivity contribution < 1.29 is 19.4 Å². The molecule has 1 aliphatic heterocycles. The van der Waals surface area contributed by atoms with Crippen LogP contribution in [0.5, 0.6) is 11.5 Å². The standard InChI is InChI=1S/C15H20O4/c1-8-9(2)14-12(6-7-15(5,17)19-14)10(3)13(8)18-11(4)16/h17H,6-7H2,1-5H3/t15-/m1/s1. The fraction of sp³-hybridized carbons (Fsp3) is 0.533. The Morgan fingerprint density at radius 1 is 1.26 bits per heavy atom. The molecule has 1 N–H and O–H groups in total. The predicted octanol–water partition coefficient (Wildman–Crippen LogP) is 2.57. The average molecular weight is 264 g/mol. The Hall–Kier alpha value is -1.55. The van der Waals surface area contributed by atoms with Crippen LogP contribution in [0.2, 0.25) is 0 Å². The summed E-state index contributed by atoms with van der Waals surface area (Å²) >= 11 is 0. The Balaban J connectivity index is 2.60. The van der Waals surface area contributed by atoms with Gasteiger partial charge in [-0.15, -0.1) is 0 Å². The van der Waals surface area contributed by atoms with Gasteiger partial charge in [-0.2, -0.15) is 0 Å². The molecule has 1 heterocycles. The highest BCUT2D eigenvalue weighted by Crippen LogP contribution is 2.43. The third kappa shape index (κ3) is 2.45. The minimum Gasteiger partial charge on any atom is -0.462 e. The Morgan fingerprint density at radius 3 is 2.47 bits per heavy atom.